The van der Waals surface area contributed by atoms with E-state index in [1.807, 2.05) is 6.07 Å². The molecule has 10 heteroatoms. The van der Waals surface area contributed by atoms with E-state index in [0.717, 1.165) is 23.3 Å². The third kappa shape index (κ3) is 7.87. The summed E-state index contributed by atoms with van der Waals surface area (Å²) in [5.74, 6) is 1.04. The van der Waals surface area contributed by atoms with Crippen LogP contribution in [0.3, 0.4) is 0 Å². The van der Waals surface area contributed by atoms with Gasteiger partial charge in [0, 0.05) is 18.2 Å². The van der Waals surface area contributed by atoms with E-state index < -0.39 is 28.4 Å². The van der Waals surface area contributed by atoms with Crippen LogP contribution in [-0.4, -0.2) is 26.6 Å². The second kappa shape index (κ2) is 9.79. The predicted octanol–water partition coefficient (Wildman–Crippen LogP) is 7.31. The van der Waals surface area contributed by atoms with Gasteiger partial charge in [-0.05, 0) is 75.2 Å². The van der Waals surface area contributed by atoms with E-state index in [2.05, 4.69) is 49.3 Å². The van der Waals surface area contributed by atoms with Crippen molar-refractivity contribution in [1.29, 1.82) is 0 Å². The highest BCUT2D eigenvalue weighted by atomic mass is 28.4. The van der Waals surface area contributed by atoms with Gasteiger partial charge >= 0.3 is 12.2 Å². The van der Waals surface area contributed by atoms with Gasteiger partial charge in [-0.15, -0.1) is 0 Å². The number of alkyl halides is 3. The molecule has 0 atom stereocenters. The second-order valence-electron chi connectivity index (χ2n) is 9.86. The van der Waals surface area contributed by atoms with E-state index in [-0.39, 0.29) is 5.75 Å². The van der Waals surface area contributed by atoms with Crippen molar-refractivity contribution in [2.75, 3.05) is 0 Å². The lowest BCUT2D eigenvalue weighted by Crippen LogP contribution is -2.32. The van der Waals surface area contributed by atoms with Gasteiger partial charge in [0.15, 0.2) is 0 Å². The molecule has 0 unspecified atom stereocenters. The summed E-state index contributed by atoms with van der Waals surface area (Å²) in [7, 11) is -3.85. The van der Waals surface area contributed by atoms with E-state index in [4.69, 9.17) is 13.6 Å². The Labute approximate surface area is 200 Å². The first kappa shape index (κ1) is 25.8. The number of benzene rings is 2. The van der Waals surface area contributed by atoms with Crippen LogP contribution in [0.25, 0.3) is 0 Å². The molecule has 1 aromatic heterocycles. The number of rotatable bonds is 8. The second-order valence-corrected chi connectivity index (χ2v) is 18.7. The van der Waals surface area contributed by atoms with Gasteiger partial charge in [-0.2, -0.15) is 18.2 Å². The van der Waals surface area contributed by atoms with Crippen molar-refractivity contribution in [1.82, 2.24) is 9.97 Å². The molecule has 3 aromatic rings. The number of nitrogens with zero attached hydrogens (tertiary/aromatic N) is 2. The number of aromatic nitrogens is 2. The zero-order chi connectivity index (χ0) is 25.1. The van der Waals surface area contributed by atoms with Crippen LogP contribution in [0.15, 0.2) is 54.7 Å². The Morgan fingerprint density at radius 2 is 1.44 bits per heavy atom. The van der Waals surface area contributed by atoms with Crippen molar-refractivity contribution in [3.63, 3.8) is 0 Å². The minimum atomic E-state index is -4.43. The van der Waals surface area contributed by atoms with E-state index in [1.54, 1.807) is 24.4 Å². The van der Waals surface area contributed by atoms with Crippen LogP contribution in [0, 0.1) is 0 Å². The monoisotopic (exact) mass is 506 g/mol. The van der Waals surface area contributed by atoms with Crippen LogP contribution in [0.2, 0.25) is 39.3 Å². The summed E-state index contributed by atoms with van der Waals surface area (Å²) in [6, 6.07) is 12.3. The number of hydrogen-bond donors (Lipinski definition) is 0. The zero-order valence-electron chi connectivity index (χ0n) is 20.2. The maximum atomic E-state index is 13.0. The quantitative estimate of drug-likeness (QED) is 0.300. The fourth-order valence-electron chi connectivity index (χ4n) is 3.01. The first-order valence-electron chi connectivity index (χ1n) is 10.9. The summed E-state index contributed by atoms with van der Waals surface area (Å²) in [6.07, 6.45) is -2.26. The third-order valence-electron chi connectivity index (χ3n) is 4.29. The van der Waals surface area contributed by atoms with Gasteiger partial charge in [-0.25, -0.2) is 4.98 Å². The predicted molar refractivity (Wildman–Crippen MR) is 131 cm³/mol. The van der Waals surface area contributed by atoms with Gasteiger partial charge in [0.05, 0.1) is 5.56 Å². The molecule has 0 aliphatic rings. The van der Waals surface area contributed by atoms with Crippen molar-refractivity contribution < 1.29 is 26.8 Å². The first-order chi connectivity index (χ1) is 15.7. The Hall–Kier alpha value is -2.86. The Kier molecular flexibility index (Phi) is 7.42. The minimum absolute atomic E-state index is 0.117. The van der Waals surface area contributed by atoms with Gasteiger partial charge in [0.2, 0.25) is 22.5 Å². The highest BCUT2D eigenvalue weighted by Crippen LogP contribution is 2.33. The maximum absolute atomic E-state index is 13.0. The highest BCUT2D eigenvalue weighted by molar-refractivity contribution is 6.70. The van der Waals surface area contributed by atoms with E-state index in [1.165, 1.54) is 12.1 Å². The molecule has 0 fully saturated rings. The normalized spacial score (nSPS) is 12.4. The minimum Gasteiger partial charge on any atom is -0.531 e. The summed E-state index contributed by atoms with van der Waals surface area (Å²) in [5, 5.41) is 0. The topological polar surface area (TPSA) is 53.5 Å². The Bertz CT molecular complexity index is 1140. The Morgan fingerprint density at radius 1 is 0.824 bits per heavy atom. The summed E-state index contributed by atoms with van der Waals surface area (Å²) in [5.41, 5.74) is 0.918. The summed E-state index contributed by atoms with van der Waals surface area (Å²) in [6.45, 7) is 12.4. The van der Waals surface area contributed by atoms with E-state index in [9.17, 15) is 13.2 Å². The molecule has 2 aromatic carbocycles. The fourth-order valence-corrected chi connectivity index (χ4v) is 4.41. The number of hydrogen-bond acceptors (Lipinski definition) is 5. The third-order valence-corrected chi connectivity index (χ3v) is 5.89. The molecule has 1 heterocycles. The molecule has 0 saturated heterocycles. The first-order valence-corrected chi connectivity index (χ1v) is 17.7. The molecule has 0 N–H and O–H groups in total. The van der Waals surface area contributed by atoms with Crippen LogP contribution >= 0.6 is 0 Å². The average Bonchev–Trinajstić information content (AvgIpc) is 2.67. The summed E-state index contributed by atoms with van der Waals surface area (Å²) in [4.78, 5) is 8.91. The van der Waals surface area contributed by atoms with Crippen molar-refractivity contribution in [2.24, 2.45) is 0 Å². The van der Waals surface area contributed by atoms with Crippen molar-refractivity contribution >= 4 is 16.6 Å². The largest absolute Gasteiger partial charge is 0.531 e. The SMILES string of the molecule is C[Si](C)(C)Oc1ncc(Cc2cccc(Oc3cccc(C(F)(F)F)c3)c2)c(O[Si](C)(C)C)n1. The van der Waals surface area contributed by atoms with Crippen molar-refractivity contribution in [3.05, 3.63) is 71.4 Å². The lowest BCUT2D eigenvalue weighted by molar-refractivity contribution is -0.137. The smallest absolute Gasteiger partial charge is 0.416 e. The van der Waals surface area contributed by atoms with Crippen LogP contribution in [0.5, 0.6) is 23.4 Å². The lowest BCUT2D eigenvalue weighted by atomic mass is 10.1. The van der Waals surface area contributed by atoms with Gasteiger partial charge in [0.1, 0.15) is 11.5 Å². The molecular formula is C24H29F3N2O3Si2. The Balaban J connectivity index is 1.85. The molecule has 3 rings (SSSR count). The molecule has 0 amide bonds. The Morgan fingerprint density at radius 3 is 2.06 bits per heavy atom. The molecule has 0 aliphatic heterocycles. The van der Waals surface area contributed by atoms with Gasteiger partial charge in [-0.1, -0.05) is 18.2 Å². The molecule has 5 nitrogen and oxygen atoms in total. The van der Waals surface area contributed by atoms with Crippen molar-refractivity contribution in [2.45, 2.75) is 51.9 Å². The van der Waals surface area contributed by atoms with E-state index >= 15 is 0 Å². The summed E-state index contributed by atoms with van der Waals surface area (Å²) >= 11 is 0. The van der Waals surface area contributed by atoms with Crippen LogP contribution < -0.4 is 13.6 Å². The molecule has 182 valence electrons. The molecule has 0 radical (unpaired) electrons. The van der Waals surface area contributed by atoms with Crippen LogP contribution in [0.4, 0.5) is 13.2 Å². The molecular weight excluding hydrogens is 477 g/mol. The van der Waals surface area contributed by atoms with Crippen LogP contribution in [-0.2, 0) is 12.6 Å². The van der Waals surface area contributed by atoms with E-state index in [0.29, 0.717) is 24.1 Å². The fraction of sp³-hybridized carbons (Fsp3) is 0.333. The summed E-state index contributed by atoms with van der Waals surface area (Å²) < 4.78 is 56.9. The number of halogens is 3. The zero-order valence-corrected chi connectivity index (χ0v) is 22.2. The van der Waals surface area contributed by atoms with Gasteiger partial charge in [-0.3, -0.25) is 0 Å². The molecule has 0 bridgehead atoms. The molecule has 34 heavy (non-hydrogen) atoms. The average molecular weight is 507 g/mol. The molecule has 0 spiro atoms. The standard InChI is InChI=1S/C24H29F3N2O3Si2/c1-33(2,3)31-22-18(16-28-23(29-22)32-34(4,5)6)13-17-9-7-11-20(14-17)30-21-12-8-10-19(15-21)24(25,26)27/h7-12,14-16H,13H2,1-6H3. The molecule has 0 saturated carbocycles. The van der Waals surface area contributed by atoms with Gasteiger partial charge < -0.3 is 13.6 Å². The highest BCUT2D eigenvalue weighted by Gasteiger charge is 2.30. The maximum Gasteiger partial charge on any atom is 0.416 e. The molecule has 0 aliphatic carbocycles. The lowest BCUT2D eigenvalue weighted by Gasteiger charge is -2.22. The van der Waals surface area contributed by atoms with Gasteiger partial charge in [0.25, 0.3) is 0 Å². The number of ether oxygens (including phenoxy) is 1. The van der Waals surface area contributed by atoms with Crippen molar-refractivity contribution in [3.8, 4) is 23.4 Å². The van der Waals surface area contributed by atoms with Crippen LogP contribution in [0.1, 0.15) is 16.7 Å².